The van der Waals surface area contributed by atoms with Crippen molar-refractivity contribution in [2.24, 2.45) is 0 Å². The summed E-state index contributed by atoms with van der Waals surface area (Å²) < 4.78 is 26.2. The third kappa shape index (κ3) is 3.12. The van der Waals surface area contributed by atoms with Crippen LogP contribution in [0.4, 0.5) is 5.82 Å². The van der Waals surface area contributed by atoms with Gasteiger partial charge in [-0.1, -0.05) is 12.1 Å². The van der Waals surface area contributed by atoms with Crippen LogP contribution >= 0.6 is 15.9 Å². The Balaban J connectivity index is 2.04. The lowest BCUT2D eigenvalue weighted by Crippen LogP contribution is -2.27. The van der Waals surface area contributed by atoms with Crippen molar-refractivity contribution in [3.63, 3.8) is 0 Å². The Morgan fingerprint density at radius 3 is 2.54 bits per heavy atom. The molecule has 0 unspecified atom stereocenters. The van der Waals surface area contributed by atoms with Crippen molar-refractivity contribution in [2.75, 3.05) is 5.32 Å². The molecule has 0 spiro atoms. The van der Waals surface area contributed by atoms with Gasteiger partial charge in [0.05, 0.1) is 28.3 Å². The average molecular weight is 412 g/mol. The standard InChI is InChI=1S/C16H18BrN3O3S/c1-16(2,3)20-14(11-8-24(22,23)9-13(11)19-20)18-15(21)10-6-4-5-7-12(10)17/h4-7H,8-9H2,1-3H3,(H,18,21). The number of benzene rings is 1. The summed E-state index contributed by atoms with van der Waals surface area (Å²) in [6.07, 6.45) is 0. The van der Waals surface area contributed by atoms with Gasteiger partial charge in [0.25, 0.3) is 5.91 Å². The first-order chi connectivity index (χ1) is 11.1. The van der Waals surface area contributed by atoms with E-state index in [1.54, 1.807) is 22.9 Å². The first-order valence-corrected chi connectivity index (χ1v) is 10.1. The first kappa shape index (κ1) is 17.2. The van der Waals surface area contributed by atoms with Crippen molar-refractivity contribution >= 4 is 37.5 Å². The third-order valence-electron chi connectivity index (χ3n) is 3.77. The molecule has 3 rings (SSSR count). The number of hydrogen-bond donors (Lipinski definition) is 1. The number of nitrogens with zero attached hydrogens (tertiary/aromatic N) is 2. The Kier molecular flexibility index (Phi) is 4.08. The monoisotopic (exact) mass is 411 g/mol. The Bertz CT molecular complexity index is 927. The van der Waals surface area contributed by atoms with Crippen LogP contribution in [0.2, 0.25) is 0 Å². The van der Waals surface area contributed by atoms with Crippen molar-refractivity contribution in [1.29, 1.82) is 0 Å². The minimum atomic E-state index is -3.19. The maximum Gasteiger partial charge on any atom is 0.257 e. The number of anilines is 1. The van der Waals surface area contributed by atoms with Gasteiger partial charge in [-0.3, -0.25) is 4.79 Å². The van der Waals surface area contributed by atoms with Crippen LogP contribution in [0.5, 0.6) is 0 Å². The van der Waals surface area contributed by atoms with Gasteiger partial charge < -0.3 is 5.32 Å². The van der Waals surface area contributed by atoms with Gasteiger partial charge in [-0.25, -0.2) is 13.1 Å². The van der Waals surface area contributed by atoms with Gasteiger partial charge in [0, 0.05) is 10.0 Å². The van der Waals surface area contributed by atoms with Crippen molar-refractivity contribution in [2.45, 2.75) is 37.8 Å². The van der Waals surface area contributed by atoms with E-state index in [4.69, 9.17) is 0 Å². The quantitative estimate of drug-likeness (QED) is 0.822. The van der Waals surface area contributed by atoms with Gasteiger partial charge in [-0.15, -0.1) is 0 Å². The van der Waals surface area contributed by atoms with E-state index in [9.17, 15) is 13.2 Å². The summed E-state index contributed by atoms with van der Waals surface area (Å²) >= 11 is 3.36. The second-order valence-electron chi connectivity index (χ2n) is 6.82. The van der Waals surface area contributed by atoms with Gasteiger partial charge in [0.1, 0.15) is 5.82 Å². The normalized spacial score (nSPS) is 16.0. The molecule has 0 bridgehead atoms. The maximum atomic E-state index is 12.6. The Morgan fingerprint density at radius 2 is 1.92 bits per heavy atom. The largest absolute Gasteiger partial charge is 0.306 e. The van der Waals surface area contributed by atoms with Gasteiger partial charge >= 0.3 is 0 Å². The predicted molar refractivity (Wildman–Crippen MR) is 95.6 cm³/mol. The topological polar surface area (TPSA) is 81.1 Å². The molecule has 0 aliphatic carbocycles. The van der Waals surface area contributed by atoms with Gasteiger partial charge in [0.2, 0.25) is 0 Å². The Hall–Kier alpha value is -1.67. The fourth-order valence-electron chi connectivity index (χ4n) is 2.68. The van der Waals surface area contributed by atoms with Crippen molar-refractivity contribution in [1.82, 2.24) is 9.78 Å². The molecule has 0 saturated carbocycles. The highest BCUT2D eigenvalue weighted by atomic mass is 79.9. The number of carbonyl (C=O) groups is 1. The zero-order valence-electron chi connectivity index (χ0n) is 13.6. The van der Waals surface area contributed by atoms with Crippen LogP contribution in [-0.4, -0.2) is 24.1 Å². The molecule has 1 aliphatic heterocycles. The van der Waals surface area contributed by atoms with Crippen LogP contribution < -0.4 is 5.32 Å². The molecule has 1 amide bonds. The number of sulfone groups is 1. The lowest BCUT2D eigenvalue weighted by atomic mass is 10.1. The Morgan fingerprint density at radius 1 is 1.25 bits per heavy atom. The number of nitrogens with one attached hydrogen (secondary N) is 1. The summed E-state index contributed by atoms with van der Waals surface area (Å²) in [6, 6.07) is 7.08. The summed E-state index contributed by atoms with van der Waals surface area (Å²) in [4.78, 5) is 12.6. The fraction of sp³-hybridized carbons (Fsp3) is 0.375. The first-order valence-electron chi connectivity index (χ1n) is 7.46. The number of halogens is 1. The minimum Gasteiger partial charge on any atom is -0.306 e. The molecule has 8 heteroatoms. The molecular weight excluding hydrogens is 394 g/mol. The lowest BCUT2D eigenvalue weighted by molar-refractivity contribution is 0.102. The summed E-state index contributed by atoms with van der Waals surface area (Å²) in [7, 11) is -3.19. The van der Waals surface area contributed by atoms with Gasteiger partial charge in [-0.05, 0) is 48.8 Å². The van der Waals surface area contributed by atoms with Crippen LogP contribution in [0.25, 0.3) is 0 Å². The fourth-order valence-corrected chi connectivity index (χ4v) is 4.64. The molecule has 6 nitrogen and oxygen atoms in total. The number of fused-ring (bicyclic) bond motifs is 1. The highest BCUT2D eigenvalue weighted by Gasteiger charge is 2.35. The van der Waals surface area contributed by atoms with E-state index in [0.717, 1.165) is 0 Å². The molecule has 0 fully saturated rings. The highest BCUT2D eigenvalue weighted by molar-refractivity contribution is 9.10. The van der Waals surface area contributed by atoms with Gasteiger partial charge in [0.15, 0.2) is 9.84 Å². The molecule has 1 N–H and O–H groups in total. The van der Waals surface area contributed by atoms with Crippen molar-refractivity contribution < 1.29 is 13.2 Å². The van der Waals surface area contributed by atoms with Crippen LogP contribution in [-0.2, 0) is 26.9 Å². The molecule has 0 atom stereocenters. The van der Waals surface area contributed by atoms with E-state index < -0.39 is 9.84 Å². The molecule has 2 aromatic rings. The zero-order valence-corrected chi connectivity index (χ0v) is 16.0. The average Bonchev–Trinajstić information content (AvgIpc) is 2.92. The molecule has 1 aromatic heterocycles. The van der Waals surface area contributed by atoms with Gasteiger partial charge in [-0.2, -0.15) is 5.10 Å². The van der Waals surface area contributed by atoms with E-state index in [-0.39, 0.29) is 23.0 Å². The second kappa shape index (κ2) is 5.70. The Labute approximate surface area is 149 Å². The molecule has 24 heavy (non-hydrogen) atoms. The maximum absolute atomic E-state index is 12.6. The third-order valence-corrected chi connectivity index (χ3v) is 5.91. The van der Waals surface area contributed by atoms with Crippen molar-refractivity contribution in [3.05, 3.63) is 45.6 Å². The van der Waals surface area contributed by atoms with Crippen LogP contribution in [0.1, 0.15) is 42.4 Å². The molecule has 0 saturated heterocycles. The van der Waals surface area contributed by atoms with Crippen LogP contribution in [0.3, 0.4) is 0 Å². The number of amides is 1. The van der Waals surface area contributed by atoms with E-state index in [2.05, 4.69) is 26.3 Å². The van der Waals surface area contributed by atoms with Crippen molar-refractivity contribution in [3.8, 4) is 0 Å². The summed E-state index contributed by atoms with van der Waals surface area (Å²) in [6.45, 7) is 5.87. The number of rotatable bonds is 2. The van der Waals surface area contributed by atoms with E-state index in [1.807, 2.05) is 26.8 Å². The lowest BCUT2D eigenvalue weighted by Gasteiger charge is -2.23. The molecule has 2 heterocycles. The number of hydrogen-bond acceptors (Lipinski definition) is 4. The van der Waals surface area contributed by atoms with Crippen LogP contribution in [0, 0.1) is 0 Å². The van der Waals surface area contributed by atoms with E-state index >= 15 is 0 Å². The summed E-state index contributed by atoms with van der Waals surface area (Å²) in [5.74, 6) is -0.0212. The predicted octanol–water partition coefficient (Wildman–Crippen LogP) is 3.08. The molecule has 1 aromatic carbocycles. The molecule has 0 radical (unpaired) electrons. The molecule has 128 valence electrons. The molecular formula is C16H18BrN3O3S. The second-order valence-corrected chi connectivity index (χ2v) is 9.74. The summed E-state index contributed by atoms with van der Waals surface area (Å²) in [5.41, 5.74) is 1.21. The summed E-state index contributed by atoms with van der Waals surface area (Å²) in [5, 5.41) is 7.30. The SMILES string of the molecule is CC(C)(C)n1nc2c(c1NC(=O)c1ccccc1Br)CS(=O)(=O)C2. The van der Waals surface area contributed by atoms with E-state index in [0.29, 0.717) is 27.1 Å². The zero-order chi connectivity index (χ0) is 17.7. The van der Waals surface area contributed by atoms with E-state index in [1.165, 1.54) is 0 Å². The smallest absolute Gasteiger partial charge is 0.257 e. The number of carbonyl (C=O) groups excluding carboxylic acids is 1. The minimum absolute atomic E-state index is 0.0800. The molecule has 1 aliphatic rings. The highest BCUT2D eigenvalue weighted by Crippen LogP contribution is 2.34. The van der Waals surface area contributed by atoms with Crippen LogP contribution in [0.15, 0.2) is 28.7 Å². The number of aromatic nitrogens is 2.